The average Bonchev–Trinajstić information content (AvgIpc) is 3.29. The average molecular weight is 339 g/mol. The Labute approximate surface area is 146 Å². The summed E-state index contributed by atoms with van der Waals surface area (Å²) in [4.78, 5) is 33.0. The van der Waals surface area contributed by atoms with E-state index in [1.165, 1.54) is 12.5 Å². The van der Waals surface area contributed by atoms with E-state index in [9.17, 15) is 9.59 Å². The molecule has 0 unspecified atom stereocenters. The highest BCUT2D eigenvalue weighted by molar-refractivity contribution is 5.95. The van der Waals surface area contributed by atoms with Crippen LogP contribution in [0.2, 0.25) is 0 Å². The van der Waals surface area contributed by atoms with Gasteiger partial charge in [-0.05, 0) is 31.0 Å². The zero-order valence-corrected chi connectivity index (χ0v) is 14.3. The zero-order chi connectivity index (χ0) is 17.4. The number of likely N-dealkylation sites (tertiary alicyclic amines) is 2. The van der Waals surface area contributed by atoms with E-state index in [0.29, 0.717) is 30.8 Å². The first-order valence-electron chi connectivity index (χ1n) is 8.66. The van der Waals surface area contributed by atoms with Crippen molar-refractivity contribution in [1.82, 2.24) is 14.8 Å². The Morgan fingerprint density at radius 2 is 1.88 bits per heavy atom. The van der Waals surface area contributed by atoms with Gasteiger partial charge in [-0.3, -0.25) is 14.6 Å². The van der Waals surface area contributed by atoms with Gasteiger partial charge in [0.2, 0.25) is 0 Å². The highest BCUT2D eigenvalue weighted by atomic mass is 16.3. The molecule has 4 rings (SSSR count). The van der Waals surface area contributed by atoms with Crippen LogP contribution in [0, 0.1) is 5.41 Å². The van der Waals surface area contributed by atoms with Gasteiger partial charge < -0.3 is 14.2 Å². The lowest BCUT2D eigenvalue weighted by Gasteiger charge is -2.47. The third-order valence-corrected chi connectivity index (χ3v) is 5.27. The fourth-order valence-electron chi connectivity index (χ4n) is 3.79. The van der Waals surface area contributed by atoms with Crippen molar-refractivity contribution in [2.75, 3.05) is 26.2 Å². The number of aryl methyl sites for hydroxylation is 1. The molecule has 0 bridgehead atoms. The molecule has 2 aliphatic heterocycles. The second kappa shape index (κ2) is 6.02. The van der Waals surface area contributed by atoms with Crippen LogP contribution in [0.5, 0.6) is 0 Å². The summed E-state index contributed by atoms with van der Waals surface area (Å²) >= 11 is 0. The molecule has 2 saturated heterocycles. The number of aromatic nitrogens is 1. The predicted octanol–water partition coefficient (Wildman–Crippen LogP) is 2.23. The number of hydrogen-bond donors (Lipinski definition) is 0. The molecule has 4 heterocycles. The highest BCUT2D eigenvalue weighted by Gasteiger charge is 2.50. The van der Waals surface area contributed by atoms with Crippen LogP contribution in [0.25, 0.3) is 0 Å². The monoisotopic (exact) mass is 339 g/mol. The minimum Gasteiger partial charge on any atom is -0.472 e. The second-order valence-corrected chi connectivity index (χ2v) is 7.04. The van der Waals surface area contributed by atoms with E-state index < -0.39 is 0 Å². The maximum absolute atomic E-state index is 12.6. The number of nitrogens with zero attached hydrogens (tertiary/aromatic N) is 3. The molecular weight excluding hydrogens is 318 g/mol. The number of carbonyl (C=O) groups is 2. The van der Waals surface area contributed by atoms with Crippen LogP contribution in [0.3, 0.4) is 0 Å². The van der Waals surface area contributed by atoms with Gasteiger partial charge in [-0.1, -0.05) is 6.92 Å². The molecule has 0 radical (unpaired) electrons. The molecule has 2 aromatic heterocycles. The molecule has 0 N–H and O–H groups in total. The first-order valence-corrected chi connectivity index (χ1v) is 8.66. The minimum absolute atomic E-state index is 0.00903. The largest absolute Gasteiger partial charge is 0.472 e. The van der Waals surface area contributed by atoms with Gasteiger partial charge >= 0.3 is 0 Å². The van der Waals surface area contributed by atoms with Crippen LogP contribution in [-0.2, 0) is 6.42 Å². The number of hydrogen-bond acceptors (Lipinski definition) is 4. The summed E-state index contributed by atoms with van der Waals surface area (Å²) < 4.78 is 5.00. The third-order valence-electron chi connectivity index (χ3n) is 5.27. The molecule has 0 saturated carbocycles. The summed E-state index contributed by atoms with van der Waals surface area (Å²) in [7, 11) is 0. The molecule has 2 amide bonds. The molecule has 25 heavy (non-hydrogen) atoms. The summed E-state index contributed by atoms with van der Waals surface area (Å²) in [6, 6.07) is 5.45. The van der Waals surface area contributed by atoms with Crippen molar-refractivity contribution < 1.29 is 14.0 Å². The lowest BCUT2D eigenvalue weighted by molar-refractivity contribution is 0.0110. The van der Waals surface area contributed by atoms with Gasteiger partial charge in [-0.15, -0.1) is 0 Å². The lowest BCUT2D eigenvalue weighted by atomic mass is 9.78. The summed E-state index contributed by atoms with van der Waals surface area (Å²) in [6.45, 7) is 4.89. The first-order chi connectivity index (χ1) is 12.1. The molecule has 130 valence electrons. The van der Waals surface area contributed by atoms with Crippen LogP contribution in [-0.4, -0.2) is 52.8 Å². The maximum Gasteiger partial charge on any atom is 0.257 e. The van der Waals surface area contributed by atoms with Crippen molar-refractivity contribution in [1.29, 1.82) is 0 Å². The van der Waals surface area contributed by atoms with E-state index in [1.807, 2.05) is 28.9 Å². The SMILES string of the molecule is CCc1ccc(C(=O)N2CC3(CCN(C(=O)c4ccoc4)C3)C2)cn1. The normalized spacial score (nSPS) is 18.4. The van der Waals surface area contributed by atoms with Gasteiger partial charge in [0.15, 0.2) is 0 Å². The Morgan fingerprint density at radius 3 is 2.52 bits per heavy atom. The van der Waals surface area contributed by atoms with Crippen molar-refractivity contribution >= 4 is 11.8 Å². The summed E-state index contributed by atoms with van der Waals surface area (Å²) in [5, 5.41) is 0. The van der Waals surface area contributed by atoms with Gasteiger partial charge in [0.25, 0.3) is 11.8 Å². The van der Waals surface area contributed by atoms with Gasteiger partial charge in [-0.25, -0.2) is 0 Å². The lowest BCUT2D eigenvalue weighted by Crippen LogP contribution is -2.59. The van der Waals surface area contributed by atoms with Gasteiger partial charge in [0.1, 0.15) is 6.26 Å². The molecule has 0 atom stereocenters. The van der Waals surface area contributed by atoms with E-state index in [2.05, 4.69) is 4.98 Å². The van der Waals surface area contributed by atoms with Crippen LogP contribution in [0.4, 0.5) is 0 Å². The highest BCUT2D eigenvalue weighted by Crippen LogP contribution is 2.40. The van der Waals surface area contributed by atoms with Gasteiger partial charge in [0, 0.05) is 43.5 Å². The van der Waals surface area contributed by atoms with E-state index >= 15 is 0 Å². The van der Waals surface area contributed by atoms with Crippen molar-refractivity contribution in [3.05, 3.63) is 53.7 Å². The van der Waals surface area contributed by atoms with Crippen LogP contribution >= 0.6 is 0 Å². The molecule has 2 aromatic rings. The molecule has 6 nitrogen and oxygen atoms in total. The number of furan rings is 1. The van der Waals surface area contributed by atoms with E-state index in [-0.39, 0.29) is 17.2 Å². The number of pyridine rings is 1. The van der Waals surface area contributed by atoms with Crippen LogP contribution < -0.4 is 0 Å². The van der Waals surface area contributed by atoms with E-state index in [1.54, 1.807) is 12.3 Å². The Kier molecular flexibility index (Phi) is 3.82. The fraction of sp³-hybridized carbons (Fsp3) is 0.421. The van der Waals surface area contributed by atoms with Crippen molar-refractivity contribution in [3.63, 3.8) is 0 Å². The number of rotatable bonds is 3. The molecule has 2 fully saturated rings. The van der Waals surface area contributed by atoms with E-state index in [0.717, 1.165) is 25.1 Å². The summed E-state index contributed by atoms with van der Waals surface area (Å²) in [6.07, 6.45) is 6.46. The molecule has 0 aromatic carbocycles. The van der Waals surface area contributed by atoms with E-state index in [4.69, 9.17) is 4.42 Å². The standard InChI is InChI=1S/C19H21N3O3/c1-2-16-4-3-14(9-20-16)17(23)22-12-19(13-22)6-7-21(11-19)18(24)15-5-8-25-10-15/h3-5,8-10H,2,6-7,11-13H2,1H3. The van der Waals surface area contributed by atoms with Crippen LogP contribution in [0.1, 0.15) is 39.8 Å². The molecule has 1 spiro atoms. The van der Waals surface area contributed by atoms with Crippen molar-refractivity contribution in [3.8, 4) is 0 Å². The molecule has 6 heteroatoms. The Hall–Kier alpha value is -2.63. The Morgan fingerprint density at radius 1 is 1.12 bits per heavy atom. The molecule has 0 aliphatic carbocycles. The molecular formula is C19H21N3O3. The predicted molar refractivity (Wildman–Crippen MR) is 91.2 cm³/mol. The van der Waals surface area contributed by atoms with Gasteiger partial charge in [-0.2, -0.15) is 0 Å². The number of carbonyl (C=O) groups excluding carboxylic acids is 2. The quantitative estimate of drug-likeness (QED) is 0.860. The fourth-order valence-corrected chi connectivity index (χ4v) is 3.79. The molecule has 2 aliphatic rings. The Balaban J connectivity index is 1.36. The summed E-state index contributed by atoms with van der Waals surface area (Å²) in [5.74, 6) is 0.0372. The smallest absolute Gasteiger partial charge is 0.257 e. The summed E-state index contributed by atoms with van der Waals surface area (Å²) in [5.41, 5.74) is 2.26. The topological polar surface area (TPSA) is 66.7 Å². The second-order valence-electron chi connectivity index (χ2n) is 7.04. The van der Waals surface area contributed by atoms with Crippen molar-refractivity contribution in [2.45, 2.75) is 19.8 Å². The third kappa shape index (κ3) is 2.81. The zero-order valence-electron chi connectivity index (χ0n) is 14.3. The Bertz CT molecular complexity index is 777. The maximum atomic E-state index is 12.6. The van der Waals surface area contributed by atoms with Crippen LogP contribution in [0.15, 0.2) is 41.3 Å². The number of amides is 2. The van der Waals surface area contributed by atoms with Crippen molar-refractivity contribution in [2.24, 2.45) is 5.41 Å². The minimum atomic E-state index is 0.00903. The van der Waals surface area contributed by atoms with Gasteiger partial charge in [0.05, 0.1) is 17.4 Å². The first kappa shape index (κ1) is 15.9.